The SMILES string of the molecule is Cc1noc(C(C)Sc2nnnn2-c2cccc(C)c2C)n1. The number of hydrogen-bond acceptors (Lipinski definition) is 7. The third kappa shape index (κ3) is 2.74. The van der Waals surface area contributed by atoms with E-state index in [1.54, 1.807) is 11.6 Å². The number of tetrazole rings is 1. The number of rotatable bonds is 4. The molecule has 0 fully saturated rings. The van der Waals surface area contributed by atoms with Gasteiger partial charge in [-0.3, -0.25) is 0 Å². The molecule has 2 heterocycles. The molecule has 0 saturated carbocycles. The van der Waals surface area contributed by atoms with E-state index in [1.165, 1.54) is 17.3 Å². The van der Waals surface area contributed by atoms with Crippen molar-refractivity contribution in [1.29, 1.82) is 0 Å². The van der Waals surface area contributed by atoms with E-state index in [0.717, 1.165) is 11.3 Å². The Bertz CT molecular complexity index is 796. The van der Waals surface area contributed by atoms with Gasteiger partial charge in [0.1, 0.15) is 0 Å². The van der Waals surface area contributed by atoms with Crippen LogP contribution in [0.25, 0.3) is 5.69 Å². The summed E-state index contributed by atoms with van der Waals surface area (Å²) in [6.07, 6.45) is 0. The van der Waals surface area contributed by atoms with E-state index in [0.29, 0.717) is 16.9 Å². The standard InChI is InChI=1S/C14H16N6OS/c1-8-6-5-7-12(9(8)2)20-14(16-18-19-20)22-10(3)13-15-11(4)17-21-13/h5-7,10H,1-4H3. The quantitative estimate of drug-likeness (QED) is 0.684. The van der Waals surface area contributed by atoms with Crippen LogP contribution in [0.3, 0.4) is 0 Å². The molecular formula is C14H16N6OS. The van der Waals surface area contributed by atoms with Crippen molar-refractivity contribution in [2.45, 2.75) is 38.1 Å². The highest BCUT2D eigenvalue weighted by Crippen LogP contribution is 2.33. The van der Waals surface area contributed by atoms with Gasteiger partial charge >= 0.3 is 0 Å². The molecule has 0 radical (unpaired) electrons. The fourth-order valence-electron chi connectivity index (χ4n) is 2.06. The van der Waals surface area contributed by atoms with Crippen molar-refractivity contribution in [3.05, 3.63) is 41.0 Å². The molecule has 3 rings (SSSR count). The maximum absolute atomic E-state index is 5.20. The van der Waals surface area contributed by atoms with Crippen molar-refractivity contribution < 1.29 is 4.52 Å². The van der Waals surface area contributed by atoms with Crippen molar-refractivity contribution in [1.82, 2.24) is 30.3 Å². The van der Waals surface area contributed by atoms with Gasteiger partial charge in [0, 0.05) is 0 Å². The van der Waals surface area contributed by atoms with Crippen LogP contribution in [0.5, 0.6) is 0 Å². The van der Waals surface area contributed by atoms with Crippen molar-refractivity contribution in [3.8, 4) is 5.69 Å². The van der Waals surface area contributed by atoms with Crippen molar-refractivity contribution in [2.24, 2.45) is 0 Å². The minimum absolute atomic E-state index is 0.0314. The Morgan fingerprint density at radius 2 is 2.05 bits per heavy atom. The summed E-state index contributed by atoms with van der Waals surface area (Å²) in [4.78, 5) is 4.25. The predicted molar refractivity (Wildman–Crippen MR) is 81.9 cm³/mol. The molecule has 2 aromatic heterocycles. The van der Waals surface area contributed by atoms with Crippen LogP contribution >= 0.6 is 11.8 Å². The largest absolute Gasteiger partial charge is 0.338 e. The highest BCUT2D eigenvalue weighted by atomic mass is 32.2. The first-order chi connectivity index (χ1) is 10.6. The second kappa shape index (κ2) is 5.88. The van der Waals surface area contributed by atoms with E-state index < -0.39 is 0 Å². The molecule has 0 spiro atoms. The lowest BCUT2D eigenvalue weighted by Gasteiger charge is -2.10. The van der Waals surface area contributed by atoms with Crippen LogP contribution in [0.1, 0.15) is 35.0 Å². The van der Waals surface area contributed by atoms with Crippen LogP contribution in [0, 0.1) is 20.8 Å². The highest BCUT2D eigenvalue weighted by molar-refractivity contribution is 7.99. The third-order valence-electron chi connectivity index (χ3n) is 3.42. The molecule has 0 aliphatic carbocycles. The maximum Gasteiger partial charge on any atom is 0.239 e. The van der Waals surface area contributed by atoms with Gasteiger partial charge in [0.05, 0.1) is 10.9 Å². The minimum atomic E-state index is -0.0314. The van der Waals surface area contributed by atoms with Gasteiger partial charge in [-0.25, -0.2) is 0 Å². The van der Waals surface area contributed by atoms with Gasteiger partial charge in [-0.1, -0.05) is 29.1 Å². The molecule has 0 aliphatic rings. The summed E-state index contributed by atoms with van der Waals surface area (Å²) in [5.41, 5.74) is 3.32. The molecule has 0 saturated heterocycles. The van der Waals surface area contributed by atoms with Gasteiger partial charge in [-0.2, -0.15) is 9.67 Å². The van der Waals surface area contributed by atoms with Crippen molar-refractivity contribution in [3.63, 3.8) is 0 Å². The monoisotopic (exact) mass is 316 g/mol. The van der Waals surface area contributed by atoms with E-state index in [9.17, 15) is 0 Å². The van der Waals surface area contributed by atoms with Crippen LogP contribution in [0.4, 0.5) is 0 Å². The van der Waals surface area contributed by atoms with E-state index in [-0.39, 0.29) is 5.25 Å². The Morgan fingerprint density at radius 3 is 2.77 bits per heavy atom. The van der Waals surface area contributed by atoms with Gasteiger partial charge in [-0.05, 0) is 55.3 Å². The van der Waals surface area contributed by atoms with Crippen molar-refractivity contribution in [2.75, 3.05) is 0 Å². The zero-order chi connectivity index (χ0) is 15.7. The van der Waals surface area contributed by atoms with Crippen LogP contribution in [0.15, 0.2) is 27.9 Å². The zero-order valence-electron chi connectivity index (χ0n) is 12.8. The van der Waals surface area contributed by atoms with Gasteiger partial charge in [0.15, 0.2) is 5.82 Å². The average Bonchev–Trinajstić information content (AvgIpc) is 3.11. The molecule has 114 valence electrons. The summed E-state index contributed by atoms with van der Waals surface area (Å²) < 4.78 is 6.95. The Hall–Kier alpha value is -2.22. The highest BCUT2D eigenvalue weighted by Gasteiger charge is 2.19. The van der Waals surface area contributed by atoms with Gasteiger partial charge < -0.3 is 4.52 Å². The van der Waals surface area contributed by atoms with E-state index in [1.807, 2.05) is 19.1 Å². The molecule has 0 aliphatic heterocycles. The Labute approximate surface area is 132 Å². The molecule has 8 heteroatoms. The summed E-state index contributed by atoms with van der Waals surface area (Å²) in [6, 6.07) is 6.07. The normalized spacial score (nSPS) is 12.5. The summed E-state index contributed by atoms with van der Waals surface area (Å²) in [5, 5.41) is 16.5. The number of aryl methyl sites for hydroxylation is 2. The lowest BCUT2D eigenvalue weighted by molar-refractivity contribution is 0.376. The molecule has 1 aromatic carbocycles. The van der Waals surface area contributed by atoms with Crippen LogP contribution in [0.2, 0.25) is 0 Å². The van der Waals surface area contributed by atoms with E-state index in [2.05, 4.69) is 45.6 Å². The smallest absolute Gasteiger partial charge is 0.239 e. The summed E-state index contributed by atoms with van der Waals surface area (Å²) in [6.45, 7) is 7.91. The number of nitrogens with zero attached hydrogens (tertiary/aromatic N) is 6. The van der Waals surface area contributed by atoms with E-state index in [4.69, 9.17) is 4.52 Å². The lowest BCUT2D eigenvalue weighted by Crippen LogP contribution is -2.03. The zero-order valence-corrected chi connectivity index (χ0v) is 13.6. The first-order valence-corrected chi connectivity index (χ1v) is 7.76. The molecule has 7 nitrogen and oxygen atoms in total. The first kappa shape index (κ1) is 14.7. The molecule has 22 heavy (non-hydrogen) atoms. The second-order valence-electron chi connectivity index (χ2n) is 5.03. The molecule has 3 aromatic rings. The third-order valence-corrected chi connectivity index (χ3v) is 4.44. The van der Waals surface area contributed by atoms with Gasteiger partial charge in [0.2, 0.25) is 11.0 Å². The number of thioether (sulfide) groups is 1. The van der Waals surface area contributed by atoms with Gasteiger partial charge in [-0.15, -0.1) is 5.10 Å². The number of benzene rings is 1. The van der Waals surface area contributed by atoms with Crippen molar-refractivity contribution >= 4 is 11.8 Å². The van der Waals surface area contributed by atoms with E-state index >= 15 is 0 Å². The second-order valence-corrected chi connectivity index (χ2v) is 6.34. The van der Waals surface area contributed by atoms with Crippen LogP contribution in [-0.4, -0.2) is 30.3 Å². The number of aromatic nitrogens is 6. The number of hydrogen-bond donors (Lipinski definition) is 0. The Kier molecular flexibility index (Phi) is 3.93. The fraction of sp³-hybridized carbons (Fsp3) is 0.357. The average molecular weight is 316 g/mol. The Balaban J connectivity index is 1.91. The molecule has 1 unspecified atom stereocenters. The molecule has 0 amide bonds. The predicted octanol–water partition coefficient (Wildman–Crippen LogP) is 2.82. The Morgan fingerprint density at radius 1 is 1.23 bits per heavy atom. The summed E-state index contributed by atoms with van der Waals surface area (Å²) >= 11 is 1.48. The first-order valence-electron chi connectivity index (χ1n) is 6.88. The topological polar surface area (TPSA) is 82.5 Å². The molecule has 0 N–H and O–H groups in total. The molecule has 1 atom stereocenters. The van der Waals surface area contributed by atoms with Crippen LogP contribution < -0.4 is 0 Å². The fourth-order valence-corrected chi connectivity index (χ4v) is 2.89. The summed E-state index contributed by atoms with van der Waals surface area (Å²) in [7, 11) is 0. The maximum atomic E-state index is 5.20. The minimum Gasteiger partial charge on any atom is -0.338 e. The molecule has 0 bridgehead atoms. The van der Waals surface area contributed by atoms with Crippen LogP contribution in [-0.2, 0) is 0 Å². The lowest BCUT2D eigenvalue weighted by atomic mass is 10.1. The van der Waals surface area contributed by atoms with Gasteiger partial charge in [0.25, 0.3) is 0 Å². The molecular weight excluding hydrogens is 300 g/mol. The summed E-state index contributed by atoms with van der Waals surface area (Å²) in [5.74, 6) is 1.19.